The average molecular weight is 432 g/mol. The van der Waals surface area contributed by atoms with E-state index in [1.807, 2.05) is 0 Å². The van der Waals surface area contributed by atoms with Gasteiger partial charge in [0, 0.05) is 0 Å². The molecular weight excluding hydrogens is 416 g/mol. The summed E-state index contributed by atoms with van der Waals surface area (Å²) in [5, 5.41) is 18.1. The summed E-state index contributed by atoms with van der Waals surface area (Å²) < 4.78 is 5.92. The minimum Gasteiger partial charge on any atom is -0.480 e. The van der Waals surface area contributed by atoms with Crippen molar-refractivity contribution >= 4 is 51.8 Å². The first-order valence-electron chi connectivity index (χ1n) is 8.38. The number of allylic oxidation sites excluding steroid dienone is 4. The number of para-hydroxylation sites is 2. The maximum atomic E-state index is 12.3. The third kappa shape index (κ3) is 4.66. The Morgan fingerprint density at radius 1 is 1.17 bits per heavy atom. The van der Waals surface area contributed by atoms with Crippen molar-refractivity contribution < 1.29 is 29.3 Å². The Hall–Kier alpha value is -3.11. The minimum absolute atomic E-state index is 0.192. The first kappa shape index (κ1) is 20.6. The maximum Gasteiger partial charge on any atom is 0.323 e. The fourth-order valence-corrected chi connectivity index (χ4v) is 4.01. The maximum absolute atomic E-state index is 12.3. The van der Waals surface area contributed by atoms with Crippen LogP contribution in [0.15, 0.2) is 58.9 Å². The molecule has 1 amide bonds. The molecule has 1 aromatic rings. The van der Waals surface area contributed by atoms with Gasteiger partial charge in [0.15, 0.2) is 5.75 Å². The summed E-state index contributed by atoms with van der Waals surface area (Å²) in [5.41, 5.74) is 1.34. The fraction of sp³-hybridized carbons (Fsp3) is 0.158. The van der Waals surface area contributed by atoms with Crippen molar-refractivity contribution in [1.29, 1.82) is 0 Å². The summed E-state index contributed by atoms with van der Waals surface area (Å²) in [5.74, 6) is -1.70. The van der Waals surface area contributed by atoms with Crippen LogP contribution in [0.25, 0.3) is 0 Å². The average Bonchev–Trinajstić information content (AvgIpc) is 3.12. The van der Waals surface area contributed by atoms with Crippen LogP contribution in [0.2, 0.25) is 0 Å². The number of benzene rings is 1. The number of ether oxygens (including phenoxy) is 1. The SMILES string of the molecule is CC(=C\C=C1/Oc2ccccc2N1CC(=O)O)/C=C1/SC(=S)N(CC(=O)O)C1=O. The number of thiocarbonyl (C=S) groups is 1. The third-order valence-electron chi connectivity index (χ3n) is 3.94. The molecule has 0 unspecified atom stereocenters. The highest BCUT2D eigenvalue weighted by molar-refractivity contribution is 8.26. The van der Waals surface area contributed by atoms with Gasteiger partial charge >= 0.3 is 11.9 Å². The number of carbonyl (C=O) groups is 3. The van der Waals surface area contributed by atoms with Gasteiger partial charge in [-0.2, -0.15) is 0 Å². The van der Waals surface area contributed by atoms with Crippen LogP contribution in [0.3, 0.4) is 0 Å². The van der Waals surface area contributed by atoms with Crippen molar-refractivity contribution in [3.8, 4) is 5.75 Å². The molecule has 0 saturated carbocycles. The molecule has 0 bridgehead atoms. The summed E-state index contributed by atoms with van der Waals surface area (Å²) in [7, 11) is 0. The normalized spacial score (nSPS) is 19.1. The Morgan fingerprint density at radius 2 is 1.83 bits per heavy atom. The number of nitrogens with zero attached hydrogens (tertiary/aromatic N) is 2. The molecule has 2 N–H and O–H groups in total. The molecule has 10 heteroatoms. The van der Waals surface area contributed by atoms with E-state index >= 15 is 0 Å². The molecule has 0 spiro atoms. The molecule has 1 aromatic carbocycles. The molecule has 0 aromatic heterocycles. The van der Waals surface area contributed by atoms with E-state index in [2.05, 4.69) is 0 Å². The Balaban J connectivity index is 1.81. The second-order valence-electron chi connectivity index (χ2n) is 6.13. The molecule has 29 heavy (non-hydrogen) atoms. The van der Waals surface area contributed by atoms with Crippen molar-refractivity contribution in [1.82, 2.24) is 4.90 Å². The number of aliphatic carboxylic acids is 2. The van der Waals surface area contributed by atoms with Gasteiger partial charge in [0.1, 0.15) is 17.4 Å². The summed E-state index contributed by atoms with van der Waals surface area (Å²) in [6.45, 7) is 1.01. The largest absolute Gasteiger partial charge is 0.480 e. The zero-order valence-corrected chi connectivity index (χ0v) is 16.8. The van der Waals surface area contributed by atoms with E-state index in [0.717, 1.165) is 16.7 Å². The van der Waals surface area contributed by atoms with E-state index in [9.17, 15) is 19.5 Å². The molecule has 0 atom stereocenters. The predicted octanol–water partition coefficient (Wildman–Crippen LogP) is 2.59. The van der Waals surface area contributed by atoms with Crippen LogP contribution >= 0.6 is 24.0 Å². The second kappa shape index (κ2) is 8.50. The molecule has 1 fully saturated rings. The molecule has 0 radical (unpaired) electrons. The molecule has 2 aliphatic heterocycles. The number of fused-ring (bicyclic) bond motifs is 1. The van der Waals surface area contributed by atoms with Crippen LogP contribution in [-0.4, -0.2) is 50.4 Å². The van der Waals surface area contributed by atoms with Gasteiger partial charge in [0.25, 0.3) is 5.91 Å². The van der Waals surface area contributed by atoms with Gasteiger partial charge in [-0.3, -0.25) is 24.2 Å². The van der Waals surface area contributed by atoms with E-state index in [-0.39, 0.29) is 10.9 Å². The number of hydrogen-bond donors (Lipinski definition) is 2. The number of amides is 1. The number of hydrogen-bond acceptors (Lipinski definition) is 7. The van der Waals surface area contributed by atoms with Gasteiger partial charge in [-0.1, -0.05) is 42.2 Å². The van der Waals surface area contributed by atoms with Crippen LogP contribution in [0.4, 0.5) is 5.69 Å². The summed E-state index contributed by atoms with van der Waals surface area (Å²) in [4.78, 5) is 37.3. The minimum atomic E-state index is -1.14. The van der Waals surface area contributed by atoms with Crippen molar-refractivity contribution in [3.05, 3.63) is 58.9 Å². The van der Waals surface area contributed by atoms with Crippen molar-refractivity contribution in [2.75, 3.05) is 18.0 Å². The monoisotopic (exact) mass is 432 g/mol. The lowest BCUT2D eigenvalue weighted by Gasteiger charge is -2.15. The number of carboxylic acid groups (broad SMARTS) is 2. The van der Waals surface area contributed by atoms with Crippen molar-refractivity contribution in [2.24, 2.45) is 0 Å². The topological polar surface area (TPSA) is 107 Å². The number of anilines is 1. The Labute approximate surface area is 175 Å². The lowest BCUT2D eigenvalue weighted by atomic mass is 10.2. The van der Waals surface area contributed by atoms with Gasteiger partial charge in [-0.05, 0) is 36.8 Å². The standard InChI is InChI=1S/C19H16N2O6S2/c1-11(8-14-18(26)21(10-17(24)25)19(28)29-14)6-7-15-20(9-16(22)23)12-4-2-3-5-13(12)27-15/h2-8H,9-10H2,1H3,(H,22,23)(H,24,25)/b11-6+,14-8+,15-7-. The summed E-state index contributed by atoms with van der Waals surface area (Å²) >= 11 is 6.10. The van der Waals surface area contributed by atoms with Gasteiger partial charge in [0.05, 0.1) is 10.6 Å². The first-order chi connectivity index (χ1) is 13.8. The van der Waals surface area contributed by atoms with Crippen LogP contribution < -0.4 is 9.64 Å². The molecular formula is C19H16N2O6S2. The Kier molecular flexibility index (Phi) is 6.04. The quantitative estimate of drug-likeness (QED) is 0.518. The lowest BCUT2D eigenvalue weighted by molar-refractivity contribution is -0.140. The lowest BCUT2D eigenvalue weighted by Crippen LogP contribution is -2.33. The Bertz CT molecular complexity index is 998. The highest BCUT2D eigenvalue weighted by Crippen LogP contribution is 2.38. The molecule has 0 aliphatic carbocycles. The van der Waals surface area contributed by atoms with Crippen molar-refractivity contribution in [3.63, 3.8) is 0 Å². The van der Waals surface area contributed by atoms with Crippen LogP contribution in [0, 0.1) is 0 Å². The van der Waals surface area contributed by atoms with Gasteiger partial charge in [-0.15, -0.1) is 0 Å². The van der Waals surface area contributed by atoms with Crippen LogP contribution in [0.5, 0.6) is 5.75 Å². The first-order valence-corrected chi connectivity index (χ1v) is 9.60. The van der Waals surface area contributed by atoms with E-state index in [1.165, 1.54) is 4.90 Å². The summed E-state index contributed by atoms with van der Waals surface area (Å²) in [6.07, 6.45) is 4.90. The van der Waals surface area contributed by atoms with E-state index in [0.29, 0.717) is 27.8 Å². The smallest absolute Gasteiger partial charge is 0.323 e. The second-order valence-corrected chi connectivity index (χ2v) is 7.80. The molecule has 3 rings (SSSR count). The molecule has 2 aliphatic rings. The number of thioether (sulfide) groups is 1. The third-order valence-corrected chi connectivity index (χ3v) is 5.32. The van der Waals surface area contributed by atoms with Gasteiger partial charge < -0.3 is 14.9 Å². The predicted molar refractivity (Wildman–Crippen MR) is 112 cm³/mol. The van der Waals surface area contributed by atoms with Gasteiger partial charge in [-0.25, -0.2) is 0 Å². The highest BCUT2D eigenvalue weighted by atomic mass is 32.2. The number of carboxylic acids is 2. The fourth-order valence-electron chi connectivity index (χ4n) is 2.70. The molecule has 8 nitrogen and oxygen atoms in total. The zero-order valence-electron chi connectivity index (χ0n) is 15.2. The van der Waals surface area contributed by atoms with Crippen LogP contribution in [0.1, 0.15) is 6.92 Å². The highest BCUT2D eigenvalue weighted by Gasteiger charge is 2.33. The van der Waals surface area contributed by atoms with Crippen molar-refractivity contribution in [2.45, 2.75) is 6.92 Å². The van der Waals surface area contributed by atoms with E-state index in [4.69, 9.17) is 22.1 Å². The van der Waals surface area contributed by atoms with Crippen LogP contribution in [-0.2, 0) is 14.4 Å². The molecule has 1 saturated heterocycles. The Morgan fingerprint density at radius 3 is 2.52 bits per heavy atom. The van der Waals surface area contributed by atoms with E-state index in [1.54, 1.807) is 49.4 Å². The van der Waals surface area contributed by atoms with E-state index < -0.39 is 24.4 Å². The number of carbonyl (C=O) groups excluding carboxylic acids is 1. The molecule has 2 heterocycles. The zero-order chi connectivity index (χ0) is 21.1. The molecule has 150 valence electrons. The number of rotatable bonds is 6. The van der Waals surface area contributed by atoms with Gasteiger partial charge in [0.2, 0.25) is 5.88 Å². The summed E-state index contributed by atoms with van der Waals surface area (Å²) in [6, 6.07) is 7.10.